The van der Waals surface area contributed by atoms with Gasteiger partial charge in [-0.2, -0.15) is 0 Å². The van der Waals surface area contributed by atoms with E-state index >= 15 is 0 Å². The number of halogens is 2. The van der Waals surface area contributed by atoms with Gasteiger partial charge in [0.05, 0.1) is 12.2 Å². The van der Waals surface area contributed by atoms with Gasteiger partial charge >= 0.3 is 0 Å². The molecule has 1 aliphatic rings. The lowest BCUT2D eigenvalue weighted by Gasteiger charge is -2.16. The first-order valence-electron chi connectivity index (χ1n) is 9.05. The average molecular weight is 395 g/mol. The second-order valence-electron chi connectivity index (χ2n) is 6.97. The maximum Gasteiger partial charge on any atom is 0.149 e. The Labute approximate surface area is 163 Å². The first kappa shape index (κ1) is 19.9. The summed E-state index contributed by atoms with van der Waals surface area (Å²) in [6.07, 6.45) is 3.70. The monoisotopic (exact) mass is 394 g/mol. The van der Waals surface area contributed by atoms with E-state index in [1.807, 2.05) is 0 Å². The van der Waals surface area contributed by atoms with E-state index < -0.39 is 11.9 Å². The number of pyridine rings is 2. The van der Waals surface area contributed by atoms with Gasteiger partial charge in [-0.25, -0.2) is 9.37 Å². The highest BCUT2D eigenvalue weighted by Crippen LogP contribution is 2.30. The molecule has 0 aliphatic carbocycles. The van der Waals surface area contributed by atoms with E-state index in [9.17, 15) is 14.6 Å². The number of aliphatic hydroxyl groups is 2. The summed E-state index contributed by atoms with van der Waals surface area (Å²) in [7, 11) is 0. The zero-order chi connectivity index (χ0) is 19.4. The third-order valence-corrected chi connectivity index (χ3v) is 4.76. The molecule has 3 N–H and O–H groups in total. The fourth-order valence-electron chi connectivity index (χ4n) is 3.16. The summed E-state index contributed by atoms with van der Waals surface area (Å²) < 4.78 is 14.8. The predicted octanol–water partition coefficient (Wildman–Crippen LogP) is 2.69. The van der Waals surface area contributed by atoms with Crippen molar-refractivity contribution in [2.24, 2.45) is 0 Å². The van der Waals surface area contributed by atoms with Gasteiger partial charge in [-0.3, -0.25) is 9.88 Å². The van der Waals surface area contributed by atoms with Crippen LogP contribution in [0.1, 0.15) is 25.3 Å². The van der Waals surface area contributed by atoms with Crippen molar-refractivity contribution >= 4 is 17.3 Å². The molecular formula is C19H24ClFN4O2. The Morgan fingerprint density at radius 3 is 2.85 bits per heavy atom. The molecule has 0 spiro atoms. The molecule has 2 aromatic heterocycles. The number of anilines is 1. The van der Waals surface area contributed by atoms with Gasteiger partial charge < -0.3 is 15.5 Å². The Kier molecular flexibility index (Phi) is 6.59. The maximum atomic E-state index is 14.8. The lowest BCUT2D eigenvalue weighted by Crippen LogP contribution is -2.21. The molecule has 0 bridgehead atoms. The second-order valence-corrected chi connectivity index (χ2v) is 7.36. The van der Waals surface area contributed by atoms with E-state index in [2.05, 4.69) is 20.2 Å². The number of hydrogen-bond donors (Lipinski definition) is 3. The minimum absolute atomic E-state index is 0.198. The van der Waals surface area contributed by atoms with Crippen LogP contribution in [0.4, 0.5) is 10.1 Å². The molecule has 1 saturated heterocycles. The van der Waals surface area contributed by atoms with Gasteiger partial charge in [-0.15, -0.1) is 0 Å². The molecule has 0 aromatic carbocycles. The lowest BCUT2D eigenvalue weighted by molar-refractivity contribution is 0.174. The smallest absolute Gasteiger partial charge is 0.149 e. The maximum absolute atomic E-state index is 14.8. The summed E-state index contributed by atoms with van der Waals surface area (Å²) in [5.74, 6) is -0.435. The fourth-order valence-corrected chi connectivity index (χ4v) is 3.31. The third-order valence-electron chi connectivity index (χ3n) is 4.55. The summed E-state index contributed by atoms with van der Waals surface area (Å²) in [5, 5.41) is 22.5. The van der Waals surface area contributed by atoms with Gasteiger partial charge in [-0.05, 0) is 37.5 Å². The molecule has 0 saturated carbocycles. The van der Waals surface area contributed by atoms with Crippen LogP contribution >= 0.6 is 11.6 Å². The van der Waals surface area contributed by atoms with Gasteiger partial charge in [0.2, 0.25) is 0 Å². The highest BCUT2D eigenvalue weighted by molar-refractivity contribution is 6.29. The van der Waals surface area contributed by atoms with E-state index in [1.165, 1.54) is 12.3 Å². The second kappa shape index (κ2) is 8.93. The van der Waals surface area contributed by atoms with Crippen LogP contribution in [0.2, 0.25) is 5.15 Å². The van der Waals surface area contributed by atoms with Gasteiger partial charge in [-0.1, -0.05) is 11.6 Å². The SMILES string of the molecule is C[C@@H](O)CCNc1cc(Cl)ncc1-c1ncc(CN2CC[C@@H](O)C2)cc1F. The summed E-state index contributed by atoms with van der Waals surface area (Å²) in [5.41, 5.74) is 2.10. The van der Waals surface area contributed by atoms with Gasteiger partial charge in [0.25, 0.3) is 0 Å². The Morgan fingerprint density at radius 1 is 1.37 bits per heavy atom. The van der Waals surface area contributed by atoms with E-state index in [0.717, 1.165) is 18.5 Å². The molecule has 8 heteroatoms. The van der Waals surface area contributed by atoms with E-state index in [1.54, 1.807) is 19.2 Å². The third kappa shape index (κ3) is 5.35. The van der Waals surface area contributed by atoms with E-state index in [0.29, 0.717) is 42.5 Å². The lowest BCUT2D eigenvalue weighted by atomic mass is 10.1. The number of rotatable bonds is 7. The predicted molar refractivity (Wildman–Crippen MR) is 103 cm³/mol. The number of β-amino-alcohol motifs (C(OH)–C–C–N with tert-alkyl or cyclic N) is 1. The molecule has 1 fully saturated rings. The fraction of sp³-hybridized carbons (Fsp3) is 0.474. The molecule has 0 amide bonds. The van der Waals surface area contributed by atoms with Crippen LogP contribution in [0, 0.1) is 5.82 Å². The van der Waals surface area contributed by atoms with Gasteiger partial charge in [0, 0.05) is 49.8 Å². The zero-order valence-corrected chi connectivity index (χ0v) is 16.0. The molecule has 3 heterocycles. The van der Waals surface area contributed by atoms with Crippen LogP contribution in [0.25, 0.3) is 11.3 Å². The molecule has 146 valence electrons. The first-order valence-corrected chi connectivity index (χ1v) is 9.43. The Morgan fingerprint density at radius 2 is 2.19 bits per heavy atom. The molecule has 3 rings (SSSR count). The Bertz CT molecular complexity index is 790. The van der Waals surface area contributed by atoms with Crippen LogP contribution < -0.4 is 5.32 Å². The average Bonchev–Trinajstić information content (AvgIpc) is 3.00. The van der Waals surface area contributed by atoms with Crippen molar-refractivity contribution in [1.82, 2.24) is 14.9 Å². The molecular weight excluding hydrogens is 371 g/mol. The minimum atomic E-state index is -0.435. The standard InChI is InChI=1S/C19H24ClFN4O2/c1-12(26)2-4-22-17-7-18(20)23-9-15(17)19-16(21)6-13(8-24-19)10-25-5-3-14(27)11-25/h6-9,12,14,26-27H,2-5,10-11H2,1H3,(H,22,23)/t12-,14-/m1/s1. The number of aliphatic hydroxyl groups excluding tert-OH is 2. The van der Waals surface area contributed by atoms with Crippen LogP contribution in [0.5, 0.6) is 0 Å². The van der Waals surface area contributed by atoms with Crippen LogP contribution in [-0.2, 0) is 6.54 Å². The summed E-state index contributed by atoms with van der Waals surface area (Å²) in [4.78, 5) is 10.4. The van der Waals surface area contributed by atoms with Crippen molar-refractivity contribution in [3.8, 4) is 11.3 Å². The Balaban J connectivity index is 1.79. The van der Waals surface area contributed by atoms with Crippen LogP contribution in [-0.4, -0.2) is 56.9 Å². The highest BCUT2D eigenvalue weighted by Gasteiger charge is 2.21. The van der Waals surface area contributed by atoms with E-state index in [-0.39, 0.29) is 11.8 Å². The zero-order valence-electron chi connectivity index (χ0n) is 15.2. The summed E-state index contributed by atoms with van der Waals surface area (Å²) in [6, 6.07) is 3.10. The number of aromatic nitrogens is 2. The van der Waals surface area contributed by atoms with Crippen molar-refractivity contribution in [2.45, 2.75) is 38.5 Å². The van der Waals surface area contributed by atoms with Crippen LogP contribution in [0.3, 0.4) is 0 Å². The number of nitrogens with zero attached hydrogens (tertiary/aromatic N) is 3. The highest BCUT2D eigenvalue weighted by atomic mass is 35.5. The van der Waals surface area contributed by atoms with Crippen molar-refractivity contribution in [3.05, 3.63) is 41.1 Å². The molecule has 0 unspecified atom stereocenters. The first-order chi connectivity index (χ1) is 12.9. The van der Waals surface area contributed by atoms with E-state index in [4.69, 9.17) is 11.6 Å². The summed E-state index contributed by atoms with van der Waals surface area (Å²) >= 11 is 5.98. The number of nitrogens with one attached hydrogen (secondary N) is 1. The molecule has 27 heavy (non-hydrogen) atoms. The molecule has 1 aliphatic heterocycles. The minimum Gasteiger partial charge on any atom is -0.393 e. The topological polar surface area (TPSA) is 81.5 Å². The molecule has 0 radical (unpaired) electrons. The van der Waals surface area contributed by atoms with Crippen LogP contribution in [0.15, 0.2) is 24.5 Å². The Hall–Kier alpha value is -1.80. The van der Waals surface area contributed by atoms with Gasteiger partial charge in [0.15, 0.2) is 0 Å². The van der Waals surface area contributed by atoms with Crippen molar-refractivity contribution in [2.75, 3.05) is 25.0 Å². The largest absolute Gasteiger partial charge is 0.393 e. The molecule has 2 atom stereocenters. The molecule has 2 aromatic rings. The molecule has 6 nitrogen and oxygen atoms in total. The van der Waals surface area contributed by atoms with Crippen molar-refractivity contribution in [3.63, 3.8) is 0 Å². The summed E-state index contributed by atoms with van der Waals surface area (Å²) in [6.45, 7) is 4.17. The van der Waals surface area contributed by atoms with Gasteiger partial charge in [0.1, 0.15) is 16.7 Å². The van der Waals surface area contributed by atoms with Crippen molar-refractivity contribution in [1.29, 1.82) is 0 Å². The number of likely N-dealkylation sites (tertiary alicyclic amines) is 1. The number of hydrogen-bond acceptors (Lipinski definition) is 6. The normalized spacial score (nSPS) is 18.6. The van der Waals surface area contributed by atoms with Crippen molar-refractivity contribution < 1.29 is 14.6 Å². The quantitative estimate of drug-likeness (QED) is 0.626.